The minimum absolute atomic E-state index is 0.449. The van der Waals surface area contributed by atoms with E-state index in [1.807, 2.05) is 23.1 Å². The minimum atomic E-state index is -1.22. The van der Waals surface area contributed by atoms with E-state index in [4.69, 9.17) is 5.11 Å². The second kappa shape index (κ2) is 10.3. The Morgan fingerprint density at radius 3 is 2.41 bits per heavy atom. The number of aromatic nitrogens is 1. The third-order valence-electron chi connectivity index (χ3n) is 5.91. The average Bonchev–Trinajstić information content (AvgIpc) is 3.22. The Morgan fingerprint density at radius 2 is 1.74 bits per heavy atom. The molecule has 176 valence electrons. The zero-order valence-corrected chi connectivity index (χ0v) is 18.5. The van der Waals surface area contributed by atoms with Gasteiger partial charge in [-0.2, -0.15) is 0 Å². The first-order chi connectivity index (χ1) is 16.4. The van der Waals surface area contributed by atoms with Gasteiger partial charge in [0.2, 0.25) is 5.91 Å². The fraction of sp³-hybridized carbons (Fsp3) is 0.240. The lowest BCUT2D eigenvalue weighted by Gasteiger charge is -2.37. The van der Waals surface area contributed by atoms with E-state index in [1.165, 1.54) is 5.56 Å². The van der Waals surface area contributed by atoms with Crippen LogP contribution in [0.3, 0.4) is 0 Å². The molecule has 0 spiro atoms. The number of nitrogens with zero attached hydrogens (tertiary/aromatic N) is 2. The molecule has 1 aliphatic rings. The van der Waals surface area contributed by atoms with Crippen LogP contribution in [0.5, 0.6) is 0 Å². The molecule has 4 N–H and O–H groups in total. The maximum absolute atomic E-state index is 12.3. The average molecular weight is 463 g/mol. The van der Waals surface area contributed by atoms with Crippen LogP contribution in [-0.4, -0.2) is 69.0 Å². The summed E-state index contributed by atoms with van der Waals surface area (Å²) in [5.41, 5.74) is 3.06. The van der Waals surface area contributed by atoms with Crippen molar-refractivity contribution in [2.75, 3.05) is 31.5 Å². The molecule has 0 saturated carbocycles. The van der Waals surface area contributed by atoms with Crippen LogP contribution in [0.25, 0.3) is 10.9 Å². The number of carboxylic acids is 2. The van der Waals surface area contributed by atoms with Gasteiger partial charge >= 0.3 is 11.9 Å². The second-order valence-electron chi connectivity index (χ2n) is 8.20. The van der Waals surface area contributed by atoms with Crippen LogP contribution in [-0.2, 0) is 20.9 Å². The highest BCUT2D eigenvalue weighted by atomic mass is 16.4. The standard InChI is InChI=1S/C25H26N4O5/c30-22(8-9-23(31)32)27-18-6-7-21-19(14-18)20(15-26-21)24(25(33)34)29-12-10-28(11-13-29)16-17-4-2-1-3-5-17/h1-9,14-15,24,26H,10-13,16H2,(H,27,30)(H,31,32)(H,33,34)/b9-8+/t24-/m0/s1. The van der Waals surface area contributed by atoms with Crippen molar-refractivity contribution in [1.82, 2.24) is 14.8 Å². The highest BCUT2D eigenvalue weighted by molar-refractivity contribution is 6.03. The molecule has 1 aromatic heterocycles. The molecule has 9 heteroatoms. The lowest BCUT2D eigenvalue weighted by Crippen LogP contribution is -2.48. The van der Waals surface area contributed by atoms with Crippen molar-refractivity contribution in [3.8, 4) is 0 Å². The molecule has 3 aromatic rings. The quantitative estimate of drug-likeness (QED) is 0.379. The molecule has 2 heterocycles. The van der Waals surface area contributed by atoms with Crippen molar-refractivity contribution in [2.24, 2.45) is 0 Å². The molecule has 1 atom stereocenters. The van der Waals surface area contributed by atoms with Crippen LogP contribution in [0.2, 0.25) is 0 Å². The summed E-state index contributed by atoms with van der Waals surface area (Å²) < 4.78 is 0. The summed E-state index contributed by atoms with van der Waals surface area (Å²) in [6.07, 6.45) is 3.39. The van der Waals surface area contributed by atoms with E-state index in [9.17, 15) is 19.5 Å². The largest absolute Gasteiger partial charge is 0.480 e. The van der Waals surface area contributed by atoms with Crippen molar-refractivity contribution in [3.63, 3.8) is 0 Å². The molecular formula is C25H26N4O5. The van der Waals surface area contributed by atoms with E-state index >= 15 is 0 Å². The number of fused-ring (bicyclic) bond motifs is 1. The number of benzene rings is 2. The number of hydrogen-bond donors (Lipinski definition) is 4. The first-order valence-corrected chi connectivity index (χ1v) is 11.0. The fourth-order valence-corrected chi connectivity index (χ4v) is 4.28. The lowest BCUT2D eigenvalue weighted by molar-refractivity contribution is -0.144. The predicted molar refractivity (Wildman–Crippen MR) is 127 cm³/mol. The number of anilines is 1. The summed E-state index contributed by atoms with van der Waals surface area (Å²) in [5.74, 6) is -2.73. The van der Waals surface area contributed by atoms with E-state index in [0.717, 1.165) is 37.3 Å². The number of aromatic amines is 1. The number of amides is 1. The molecule has 1 amide bonds. The molecule has 0 aliphatic carbocycles. The van der Waals surface area contributed by atoms with Crippen LogP contribution >= 0.6 is 0 Å². The Morgan fingerprint density at radius 1 is 1.00 bits per heavy atom. The van der Waals surface area contributed by atoms with E-state index in [2.05, 4.69) is 27.3 Å². The summed E-state index contributed by atoms with van der Waals surface area (Å²) in [6, 6.07) is 14.5. The van der Waals surface area contributed by atoms with Crippen molar-refractivity contribution in [1.29, 1.82) is 0 Å². The van der Waals surface area contributed by atoms with Gasteiger partial charge in [0.15, 0.2) is 0 Å². The van der Waals surface area contributed by atoms with Gasteiger partial charge in [-0.05, 0) is 23.8 Å². The molecule has 2 aromatic carbocycles. The first-order valence-electron chi connectivity index (χ1n) is 11.0. The Kier molecular flexibility index (Phi) is 7.05. The van der Waals surface area contributed by atoms with Crippen LogP contribution in [0.15, 0.2) is 66.9 Å². The van der Waals surface area contributed by atoms with Crippen molar-refractivity contribution in [3.05, 3.63) is 78.0 Å². The minimum Gasteiger partial charge on any atom is -0.480 e. The van der Waals surface area contributed by atoms with E-state index in [0.29, 0.717) is 29.7 Å². The number of carboxylic acid groups (broad SMARTS) is 2. The fourth-order valence-electron chi connectivity index (χ4n) is 4.28. The third-order valence-corrected chi connectivity index (χ3v) is 5.91. The summed E-state index contributed by atoms with van der Waals surface area (Å²) in [6.45, 7) is 3.59. The summed E-state index contributed by atoms with van der Waals surface area (Å²) >= 11 is 0. The van der Waals surface area contributed by atoms with Gasteiger partial charge in [-0.15, -0.1) is 0 Å². The topological polar surface area (TPSA) is 126 Å². The molecule has 0 unspecified atom stereocenters. The molecular weight excluding hydrogens is 436 g/mol. The molecule has 4 rings (SSSR count). The zero-order chi connectivity index (χ0) is 24.1. The van der Waals surface area contributed by atoms with Crippen LogP contribution in [0.1, 0.15) is 17.2 Å². The van der Waals surface area contributed by atoms with Gasteiger partial charge in [-0.25, -0.2) is 4.79 Å². The predicted octanol–water partition coefficient (Wildman–Crippen LogP) is 2.69. The molecule has 1 aliphatic heterocycles. The number of nitrogens with one attached hydrogen (secondary N) is 2. The molecule has 1 saturated heterocycles. The number of carbonyl (C=O) groups is 3. The molecule has 0 bridgehead atoms. The van der Waals surface area contributed by atoms with Gasteiger partial charge in [0.25, 0.3) is 0 Å². The molecule has 0 radical (unpaired) electrons. The maximum atomic E-state index is 12.3. The Labute approximate surface area is 196 Å². The SMILES string of the molecule is O=C(O)/C=C/C(=O)Nc1ccc2[nH]cc([C@@H](C(=O)O)N3CCN(Cc4ccccc4)CC3)c2c1. The van der Waals surface area contributed by atoms with Crippen LogP contribution in [0, 0.1) is 0 Å². The number of piperazine rings is 1. The van der Waals surface area contributed by atoms with Gasteiger partial charge in [0.1, 0.15) is 6.04 Å². The first kappa shape index (κ1) is 23.2. The Balaban J connectivity index is 1.50. The van der Waals surface area contributed by atoms with E-state index in [-0.39, 0.29) is 0 Å². The second-order valence-corrected chi connectivity index (χ2v) is 8.20. The number of H-pyrrole nitrogens is 1. The molecule has 1 fully saturated rings. The number of carbonyl (C=O) groups excluding carboxylic acids is 1. The summed E-state index contributed by atoms with van der Waals surface area (Å²) in [5, 5.41) is 22.1. The van der Waals surface area contributed by atoms with Crippen molar-refractivity contribution >= 4 is 34.4 Å². The number of hydrogen-bond acceptors (Lipinski definition) is 5. The van der Waals surface area contributed by atoms with Gasteiger partial charge in [-0.1, -0.05) is 30.3 Å². The van der Waals surface area contributed by atoms with Crippen molar-refractivity contribution < 1.29 is 24.6 Å². The van der Waals surface area contributed by atoms with Gasteiger partial charge < -0.3 is 20.5 Å². The maximum Gasteiger partial charge on any atom is 0.328 e. The van der Waals surface area contributed by atoms with Gasteiger partial charge in [0.05, 0.1) is 0 Å². The highest BCUT2D eigenvalue weighted by Gasteiger charge is 2.32. The Hall–Kier alpha value is -3.95. The zero-order valence-electron chi connectivity index (χ0n) is 18.5. The van der Waals surface area contributed by atoms with Crippen LogP contribution < -0.4 is 5.32 Å². The normalized spacial score (nSPS) is 16.0. The summed E-state index contributed by atoms with van der Waals surface area (Å²) in [4.78, 5) is 42.3. The highest BCUT2D eigenvalue weighted by Crippen LogP contribution is 2.31. The van der Waals surface area contributed by atoms with Gasteiger partial charge in [0, 0.05) is 73.2 Å². The lowest BCUT2D eigenvalue weighted by atomic mass is 10.0. The van der Waals surface area contributed by atoms with Crippen molar-refractivity contribution in [2.45, 2.75) is 12.6 Å². The van der Waals surface area contributed by atoms with Crippen LogP contribution in [0.4, 0.5) is 5.69 Å². The Bertz CT molecular complexity index is 1210. The monoisotopic (exact) mass is 462 g/mol. The van der Waals surface area contributed by atoms with E-state index < -0.39 is 23.9 Å². The van der Waals surface area contributed by atoms with Gasteiger partial charge in [-0.3, -0.25) is 19.4 Å². The molecule has 9 nitrogen and oxygen atoms in total. The smallest absolute Gasteiger partial charge is 0.328 e. The third kappa shape index (κ3) is 5.51. The number of aliphatic carboxylic acids is 2. The van der Waals surface area contributed by atoms with E-state index in [1.54, 1.807) is 24.4 Å². The summed E-state index contributed by atoms with van der Waals surface area (Å²) in [7, 11) is 0. The molecule has 34 heavy (non-hydrogen) atoms. The number of rotatable bonds is 8.